The first-order valence-electron chi connectivity index (χ1n) is 15.1. The van der Waals surface area contributed by atoms with Gasteiger partial charge in [-0.1, -0.05) is 44.9 Å². The lowest BCUT2D eigenvalue weighted by molar-refractivity contribution is -0.151. The van der Waals surface area contributed by atoms with Gasteiger partial charge in [0, 0.05) is 18.7 Å². The average molecular weight is 624 g/mol. The third-order valence-corrected chi connectivity index (χ3v) is 6.21. The van der Waals surface area contributed by atoms with E-state index in [0.29, 0.717) is 70.8 Å². The molecule has 0 aliphatic carbocycles. The van der Waals surface area contributed by atoms with Crippen molar-refractivity contribution in [3.05, 3.63) is 12.1 Å². The highest BCUT2D eigenvalue weighted by atomic mass is 32.1. The molecular weight excluding hydrogens is 570 g/mol. The highest BCUT2D eigenvalue weighted by molar-refractivity contribution is 7.80. The molecule has 1 rings (SSSR count). The van der Waals surface area contributed by atoms with Crippen molar-refractivity contribution in [1.82, 2.24) is 4.73 Å². The molecule has 2 N–H and O–H groups in total. The van der Waals surface area contributed by atoms with Crippen LogP contribution in [0.3, 0.4) is 0 Å². The summed E-state index contributed by atoms with van der Waals surface area (Å²) in [7, 11) is 0. The molecule has 42 heavy (non-hydrogen) atoms. The topological polar surface area (TPSA) is 136 Å². The van der Waals surface area contributed by atoms with Gasteiger partial charge < -0.3 is 48.2 Å². The van der Waals surface area contributed by atoms with Gasteiger partial charge in [0.2, 0.25) is 11.8 Å². The van der Waals surface area contributed by atoms with Gasteiger partial charge in [-0.2, -0.15) is 12.6 Å². The summed E-state index contributed by atoms with van der Waals surface area (Å²) in [6, 6.07) is 2.38. The predicted octanol–water partition coefficient (Wildman–Crippen LogP) is 3.41. The number of carbonyl (C=O) groups is 1. The Bertz CT molecular complexity index is 719. The summed E-state index contributed by atoms with van der Waals surface area (Å²) in [6.45, 7) is 5.88. The van der Waals surface area contributed by atoms with Crippen LogP contribution in [0, 0.1) is 0 Å². The van der Waals surface area contributed by atoms with E-state index < -0.39 is 17.7 Å². The number of aromatic nitrogens is 1. The van der Waals surface area contributed by atoms with Gasteiger partial charge >= 0.3 is 5.97 Å². The van der Waals surface area contributed by atoms with Crippen LogP contribution in [0.4, 0.5) is 0 Å². The van der Waals surface area contributed by atoms with Crippen LogP contribution in [0.1, 0.15) is 57.8 Å². The smallest absolute Gasteiger partial charge is 0.358 e. The number of aromatic hydroxyl groups is 2. The van der Waals surface area contributed by atoms with Crippen LogP contribution in [-0.2, 0) is 38.0 Å². The number of thiol groups is 1. The van der Waals surface area contributed by atoms with Crippen LogP contribution < -0.4 is 4.84 Å². The van der Waals surface area contributed by atoms with Crippen LogP contribution in [-0.4, -0.2) is 119 Å². The quantitative estimate of drug-likeness (QED) is 0.0805. The lowest BCUT2D eigenvalue weighted by Crippen LogP contribution is -2.24. The van der Waals surface area contributed by atoms with E-state index in [1.54, 1.807) is 0 Å². The second-order valence-electron chi connectivity index (χ2n) is 9.44. The van der Waals surface area contributed by atoms with Crippen molar-refractivity contribution >= 4 is 18.6 Å². The summed E-state index contributed by atoms with van der Waals surface area (Å²) in [4.78, 5) is 16.3. The summed E-state index contributed by atoms with van der Waals surface area (Å²) in [5.74, 6) is -0.547. The SMILES string of the molecule is O=C(COCCOCCOCCOCCOCCOCCOCCCCCCCCCCCS)On1c(O)ccc1O. The van der Waals surface area contributed by atoms with Crippen molar-refractivity contribution < 1.29 is 53.0 Å². The molecule has 0 aliphatic rings. The fraction of sp³-hybridized carbons (Fsp3) is 0.828. The molecule has 1 heterocycles. The summed E-state index contributed by atoms with van der Waals surface area (Å²) < 4.78 is 38.5. The molecule has 0 fully saturated rings. The van der Waals surface area contributed by atoms with Gasteiger partial charge in [0.25, 0.3) is 0 Å². The molecule has 0 radical (unpaired) electrons. The minimum absolute atomic E-state index is 0.179. The predicted molar refractivity (Wildman–Crippen MR) is 160 cm³/mol. The molecule has 0 amide bonds. The van der Waals surface area contributed by atoms with E-state index in [1.807, 2.05) is 0 Å². The number of unbranched alkanes of at least 4 members (excludes halogenated alkanes) is 8. The van der Waals surface area contributed by atoms with E-state index in [9.17, 15) is 15.0 Å². The van der Waals surface area contributed by atoms with E-state index >= 15 is 0 Å². The maximum Gasteiger partial charge on any atom is 0.358 e. The number of hydrogen-bond donors (Lipinski definition) is 3. The monoisotopic (exact) mass is 623 g/mol. The molecule has 0 atom stereocenters. The van der Waals surface area contributed by atoms with E-state index in [1.165, 1.54) is 63.5 Å². The Labute approximate surface area is 256 Å². The fourth-order valence-electron chi connectivity index (χ4n) is 3.65. The summed E-state index contributed by atoms with van der Waals surface area (Å²) in [5.41, 5.74) is 0. The van der Waals surface area contributed by atoms with Crippen molar-refractivity contribution in [3.8, 4) is 11.8 Å². The van der Waals surface area contributed by atoms with Crippen LogP contribution in [0.2, 0.25) is 0 Å². The van der Waals surface area contributed by atoms with Gasteiger partial charge in [0.15, 0.2) is 0 Å². The summed E-state index contributed by atoms with van der Waals surface area (Å²) >= 11 is 4.24. The van der Waals surface area contributed by atoms with Gasteiger partial charge in [0.05, 0.1) is 79.3 Å². The second kappa shape index (κ2) is 29.5. The zero-order valence-electron chi connectivity index (χ0n) is 25.1. The molecule has 0 unspecified atom stereocenters. The van der Waals surface area contributed by atoms with Gasteiger partial charge in [-0.3, -0.25) is 0 Å². The molecule has 13 heteroatoms. The standard InChI is InChI=1S/C29H53NO11S/c31-27-10-11-28(32)30(27)41-29(33)26-40-24-23-39-22-21-38-20-19-37-18-17-36-16-15-35-14-13-34-12-8-6-4-2-1-3-5-7-9-25-42/h10-11,31-32,42H,1-9,12-26H2. The Kier molecular flexibility index (Phi) is 27.0. The van der Waals surface area contributed by atoms with E-state index in [4.69, 9.17) is 38.0 Å². The third kappa shape index (κ3) is 23.9. The van der Waals surface area contributed by atoms with Gasteiger partial charge in [-0.05, 0) is 18.6 Å². The first-order chi connectivity index (χ1) is 20.6. The van der Waals surface area contributed by atoms with Crippen LogP contribution in [0.25, 0.3) is 0 Å². The molecule has 246 valence electrons. The summed E-state index contributed by atoms with van der Waals surface area (Å²) in [5, 5.41) is 18.8. The largest absolute Gasteiger partial charge is 0.492 e. The Morgan fingerprint density at radius 1 is 0.524 bits per heavy atom. The van der Waals surface area contributed by atoms with Crippen molar-refractivity contribution in [3.63, 3.8) is 0 Å². The number of rotatable bonds is 32. The van der Waals surface area contributed by atoms with Crippen molar-refractivity contribution in [2.24, 2.45) is 0 Å². The number of carbonyl (C=O) groups excluding carboxylic acids is 1. The number of nitrogens with zero attached hydrogens (tertiary/aromatic N) is 1. The van der Waals surface area contributed by atoms with Crippen LogP contribution in [0.5, 0.6) is 11.8 Å². The van der Waals surface area contributed by atoms with Crippen LogP contribution in [0.15, 0.2) is 12.1 Å². The van der Waals surface area contributed by atoms with Crippen molar-refractivity contribution in [2.75, 3.05) is 98.2 Å². The Balaban J connectivity index is 1.67. The Morgan fingerprint density at radius 2 is 0.857 bits per heavy atom. The molecule has 0 bridgehead atoms. The molecule has 12 nitrogen and oxygen atoms in total. The van der Waals surface area contributed by atoms with Crippen molar-refractivity contribution in [2.45, 2.75) is 57.8 Å². The molecule has 0 spiro atoms. The maximum atomic E-state index is 11.6. The summed E-state index contributed by atoms with van der Waals surface area (Å²) in [6.07, 6.45) is 11.6. The first kappa shape index (κ1) is 38.4. The highest BCUT2D eigenvalue weighted by Crippen LogP contribution is 2.18. The average Bonchev–Trinajstić information content (AvgIpc) is 3.30. The fourth-order valence-corrected chi connectivity index (χ4v) is 3.88. The first-order valence-corrected chi connectivity index (χ1v) is 15.7. The minimum atomic E-state index is -0.770. The normalized spacial score (nSPS) is 11.4. The molecule has 1 aromatic rings. The number of ether oxygens (including phenoxy) is 7. The number of hydrogen-bond acceptors (Lipinski definition) is 12. The molecule has 0 saturated carbocycles. The molecule has 0 aliphatic heterocycles. The van der Waals surface area contributed by atoms with Crippen LogP contribution >= 0.6 is 12.6 Å². The lowest BCUT2D eigenvalue weighted by Gasteiger charge is -2.09. The molecule has 1 aromatic heterocycles. The zero-order chi connectivity index (χ0) is 30.4. The van der Waals surface area contributed by atoms with E-state index in [0.717, 1.165) is 18.8 Å². The minimum Gasteiger partial charge on any atom is -0.492 e. The van der Waals surface area contributed by atoms with Gasteiger partial charge in [-0.15, -0.1) is 4.73 Å². The Hall–Kier alpha value is -1.58. The zero-order valence-corrected chi connectivity index (χ0v) is 26.0. The van der Waals surface area contributed by atoms with E-state index in [2.05, 4.69) is 12.6 Å². The highest BCUT2D eigenvalue weighted by Gasteiger charge is 2.12. The second-order valence-corrected chi connectivity index (χ2v) is 9.89. The lowest BCUT2D eigenvalue weighted by atomic mass is 10.1. The van der Waals surface area contributed by atoms with Gasteiger partial charge in [-0.25, -0.2) is 4.79 Å². The van der Waals surface area contributed by atoms with E-state index in [-0.39, 0.29) is 19.8 Å². The van der Waals surface area contributed by atoms with Gasteiger partial charge in [0.1, 0.15) is 6.61 Å². The van der Waals surface area contributed by atoms with Crippen molar-refractivity contribution in [1.29, 1.82) is 0 Å². The molecule has 0 aromatic carbocycles. The molecular formula is C29H53NO11S. The maximum absolute atomic E-state index is 11.6. The Morgan fingerprint density at radius 3 is 1.26 bits per heavy atom. The third-order valence-electron chi connectivity index (χ3n) is 5.89. The molecule has 0 saturated heterocycles.